The van der Waals surface area contributed by atoms with Crippen LogP contribution in [0.4, 0.5) is 0 Å². The molecule has 0 fully saturated rings. The minimum Gasteiger partial charge on any atom is -0.358 e. The molecule has 0 N–H and O–H groups in total. The summed E-state index contributed by atoms with van der Waals surface area (Å²) in [5.74, 6) is 0. The predicted molar refractivity (Wildman–Crippen MR) is 58.7 cm³/mol. The second kappa shape index (κ2) is 18.8. The fourth-order valence-corrected chi connectivity index (χ4v) is 1.24. The normalized spacial score (nSPS) is 8.77. The monoisotopic (exact) mass is 258 g/mol. The van der Waals surface area contributed by atoms with Crippen LogP contribution in [0.1, 0.15) is 57.8 Å². The molecule has 0 aromatic rings. The Balaban J connectivity index is -0.000000500. The van der Waals surface area contributed by atoms with Crippen molar-refractivity contribution < 1.29 is 32.7 Å². The summed E-state index contributed by atoms with van der Waals surface area (Å²) < 4.78 is 0. The molecule has 0 spiro atoms. The summed E-state index contributed by atoms with van der Waals surface area (Å²) >= 11 is 0. The summed E-state index contributed by atoms with van der Waals surface area (Å²) in [5, 5.41) is 0. The average Bonchev–Trinajstić information content (AvgIpc) is 2.03. The van der Waals surface area contributed by atoms with Crippen LogP contribution < -0.4 is 0 Å². The third-order valence-corrected chi connectivity index (χ3v) is 2.00. The van der Waals surface area contributed by atoms with Gasteiger partial charge >= 0.3 is 32.7 Å². The Morgan fingerprint density at radius 1 is 0.538 bits per heavy atom. The van der Waals surface area contributed by atoms with Crippen LogP contribution in [-0.4, -0.2) is 0 Å². The molecule has 0 radical (unpaired) electrons. The smallest absolute Gasteiger partial charge is 0.358 e. The van der Waals surface area contributed by atoms with E-state index >= 15 is 0 Å². The van der Waals surface area contributed by atoms with Gasteiger partial charge in [0.25, 0.3) is 0 Å². The molecule has 0 aliphatic rings. The number of rotatable bonds is 8. The summed E-state index contributed by atoms with van der Waals surface area (Å²) in [5.41, 5.74) is 0. The zero-order valence-electron chi connectivity index (χ0n) is 9.36. The van der Waals surface area contributed by atoms with Crippen LogP contribution in [0.3, 0.4) is 0 Å². The van der Waals surface area contributed by atoms with Gasteiger partial charge in [-0.25, -0.2) is 0 Å². The zero-order valence-corrected chi connectivity index (χ0v) is 12.2. The molecule has 0 aromatic carbocycles. The van der Waals surface area contributed by atoms with Crippen LogP contribution in [0.5, 0.6) is 0 Å². The largest absolute Gasteiger partial charge is 3.00 e. The Morgan fingerprint density at radius 3 is 1.00 bits per heavy atom. The molecular formula is C12H25Y. The van der Waals surface area contributed by atoms with Gasteiger partial charge in [0.05, 0.1) is 0 Å². The first-order valence-corrected chi connectivity index (χ1v) is 5.00. The molecule has 0 nitrogen and oxygen atoms in total. The van der Waals surface area contributed by atoms with Gasteiger partial charge in [0.2, 0.25) is 0 Å². The minimum absolute atomic E-state index is 0. The molecule has 13 heavy (non-hydrogen) atoms. The molecule has 0 unspecified atom stereocenters. The maximum Gasteiger partial charge on any atom is 3.00 e. The minimum atomic E-state index is 0. The summed E-state index contributed by atoms with van der Waals surface area (Å²) in [6.07, 6.45) is 11.9. The van der Waals surface area contributed by atoms with Gasteiger partial charge in [0.1, 0.15) is 0 Å². The van der Waals surface area contributed by atoms with Crippen LogP contribution in [0.15, 0.2) is 0 Å². The van der Waals surface area contributed by atoms with Crippen molar-refractivity contribution in [2.75, 3.05) is 0 Å². The van der Waals surface area contributed by atoms with Gasteiger partial charge in [-0.15, -0.1) is 0 Å². The molecule has 0 aliphatic carbocycles. The molecule has 0 bridgehead atoms. The van der Waals surface area contributed by atoms with E-state index in [0.717, 1.165) is 12.8 Å². The second-order valence-corrected chi connectivity index (χ2v) is 3.18. The summed E-state index contributed by atoms with van der Waals surface area (Å²) in [6.45, 7) is 7.65. The van der Waals surface area contributed by atoms with Crippen LogP contribution in [0, 0.1) is 21.3 Å². The maximum atomic E-state index is 3.82. The van der Waals surface area contributed by atoms with E-state index < -0.39 is 0 Å². The van der Waals surface area contributed by atoms with Gasteiger partial charge in [-0.3, -0.25) is 0 Å². The predicted octanol–water partition coefficient (Wildman–Crippen LogP) is 4.61. The van der Waals surface area contributed by atoms with E-state index in [0.29, 0.717) is 0 Å². The molecule has 0 heterocycles. The van der Waals surface area contributed by atoms with Crippen LogP contribution in [0.2, 0.25) is 0 Å². The van der Waals surface area contributed by atoms with Gasteiger partial charge in [-0.05, 0) is 0 Å². The van der Waals surface area contributed by atoms with Crippen molar-refractivity contribution in [2.24, 2.45) is 0 Å². The fourth-order valence-electron chi connectivity index (χ4n) is 1.24. The first-order chi connectivity index (χ1) is 5.41. The topological polar surface area (TPSA) is 0 Å². The van der Waals surface area contributed by atoms with Crippen molar-refractivity contribution >= 4 is 0 Å². The van der Waals surface area contributed by atoms with Gasteiger partial charge in [0, 0.05) is 0 Å². The molecule has 0 saturated heterocycles. The van der Waals surface area contributed by atoms with E-state index in [1.165, 1.54) is 44.9 Å². The Kier molecular flexibility index (Phi) is 28.4. The molecule has 0 amide bonds. The first-order valence-electron chi connectivity index (χ1n) is 5.00. The maximum absolute atomic E-state index is 3.82. The molecule has 0 atom stereocenters. The molecule has 0 saturated carbocycles. The van der Waals surface area contributed by atoms with Crippen LogP contribution in [0.25, 0.3) is 0 Å². The third kappa shape index (κ3) is 19.5. The van der Waals surface area contributed by atoms with Gasteiger partial charge in [-0.2, -0.15) is 12.8 Å². The van der Waals surface area contributed by atoms with Crippen molar-refractivity contribution in [1.82, 2.24) is 0 Å². The molecule has 0 rings (SSSR count). The number of unbranched alkanes of at least 4 members (excludes halogenated alkanes) is 8. The van der Waals surface area contributed by atoms with E-state index in [4.69, 9.17) is 0 Å². The average molecular weight is 258 g/mol. The quantitative estimate of drug-likeness (QED) is 0.440. The van der Waals surface area contributed by atoms with Crippen LogP contribution in [-0.2, 0) is 32.7 Å². The molecule has 76 valence electrons. The van der Waals surface area contributed by atoms with Gasteiger partial charge in [0.15, 0.2) is 0 Å². The fraction of sp³-hybridized carbons (Fsp3) is 0.750. The van der Waals surface area contributed by atoms with E-state index in [2.05, 4.69) is 13.8 Å². The number of hydrogen-bond acceptors (Lipinski definition) is 0. The van der Waals surface area contributed by atoms with Crippen molar-refractivity contribution in [3.63, 3.8) is 0 Å². The standard InChI is InChI=1S/C11H22.CH3.Y/c1-3-5-7-9-11-10-8-6-4-2;;/h1-11H2;1H3;/q-2;-1;+3. The third-order valence-electron chi connectivity index (χ3n) is 2.00. The Morgan fingerprint density at radius 2 is 0.769 bits per heavy atom. The molecular weight excluding hydrogens is 233 g/mol. The SMILES string of the molecule is [CH2-]CCCCCCCCC[CH2-].[CH3-].[Y+3]. The molecule has 0 aromatic heterocycles. The summed E-state index contributed by atoms with van der Waals surface area (Å²) in [7, 11) is 0. The summed E-state index contributed by atoms with van der Waals surface area (Å²) in [4.78, 5) is 0. The van der Waals surface area contributed by atoms with Crippen molar-refractivity contribution in [1.29, 1.82) is 0 Å². The molecule has 0 aliphatic heterocycles. The number of hydrogen-bond donors (Lipinski definition) is 0. The Labute approximate surface area is 111 Å². The van der Waals surface area contributed by atoms with E-state index in [1.54, 1.807) is 0 Å². The van der Waals surface area contributed by atoms with E-state index in [9.17, 15) is 0 Å². The van der Waals surface area contributed by atoms with Crippen molar-refractivity contribution in [3.8, 4) is 0 Å². The Hall–Kier alpha value is 1.10. The van der Waals surface area contributed by atoms with Gasteiger partial charge in [-0.1, -0.05) is 44.9 Å². The van der Waals surface area contributed by atoms with Gasteiger partial charge < -0.3 is 21.3 Å². The summed E-state index contributed by atoms with van der Waals surface area (Å²) in [6, 6.07) is 0. The molecule has 1 heteroatoms. The van der Waals surface area contributed by atoms with Crippen LogP contribution >= 0.6 is 0 Å². The first kappa shape index (κ1) is 19.6. The van der Waals surface area contributed by atoms with Crippen molar-refractivity contribution in [3.05, 3.63) is 21.3 Å². The second-order valence-electron chi connectivity index (χ2n) is 3.18. The Bertz CT molecular complexity index is 54.1. The zero-order chi connectivity index (χ0) is 8.36. The van der Waals surface area contributed by atoms with Crippen molar-refractivity contribution in [2.45, 2.75) is 57.8 Å². The van der Waals surface area contributed by atoms with E-state index in [1.807, 2.05) is 0 Å². The van der Waals surface area contributed by atoms with E-state index in [-0.39, 0.29) is 40.1 Å².